The molecule has 0 saturated carbocycles. The fourth-order valence-electron chi connectivity index (χ4n) is 10.4. The van der Waals surface area contributed by atoms with E-state index in [4.69, 9.17) is 4.74 Å². The summed E-state index contributed by atoms with van der Waals surface area (Å²) in [5, 5.41) is 4.54. The Morgan fingerprint density at radius 3 is 1.05 bits per heavy atom. The van der Waals surface area contributed by atoms with Crippen LogP contribution >= 0.6 is 90.7 Å². The zero-order valence-electron chi connectivity index (χ0n) is 46.4. The third-order valence-corrected chi connectivity index (χ3v) is 24.7. The molecule has 0 N–H and O–H groups in total. The van der Waals surface area contributed by atoms with Crippen LogP contribution in [0.1, 0.15) is 163 Å². The minimum atomic E-state index is -0.342. The molecule has 10 aromatic rings. The lowest BCUT2D eigenvalue weighted by Gasteiger charge is -2.06. The molecule has 0 unspecified atom stereocenters. The number of benzene rings is 2. The Hall–Kier alpha value is -4.49. The molecule has 8 aromatic heterocycles. The number of ether oxygens (including phenoxy) is 1. The molecule has 0 amide bonds. The Bertz CT molecular complexity index is 3460. The number of aryl methyl sites for hydroxylation is 4. The first-order chi connectivity index (χ1) is 38.9. The molecule has 10 heteroatoms. The van der Waals surface area contributed by atoms with E-state index in [1.54, 1.807) is 0 Å². The van der Waals surface area contributed by atoms with Gasteiger partial charge < -0.3 is 4.74 Å². The van der Waals surface area contributed by atoms with Crippen molar-refractivity contribution in [2.24, 2.45) is 0 Å². The number of carbonyl (C=O) groups is 1. The van der Waals surface area contributed by atoms with Crippen molar-refractivity contribution in [1.82, 2.24) is 0 Å². The first kappa shape index (κ1) is 57.7. The molecule has 0 saturated heterocycles. The minimum absolute atomic E-state index is 0.342. The van der Waals surface area contributed by atoms with Crippen molar-refractivity contribution >= 4 is 96.7 Å². The van der Waals surface area contributed by atoms with Gasteiger partial charge in [0.2, 0.25) is 0 Å². The maximum Gasteiger partial charge on any atom is 0.343 e. The number of carbonyl (C=O) groups excluding carboxylic acids is 1. The zero-order chi connectivity index (χ0) is 54.3. The number of rotatable bonds is 30. The quantitative estimate of drug-likeness (QED) is 0.0255. The first-order valence-electron chi connectivity index (χ1n) is 29.1. The number of thiophene rings is 8. The Morgan fingerprint density at radius 2 is 0.671 bits per heavy atom. The van der Waals surface area contributed by atoms with Crippen molar-refractivity contribution in [3.8, 4) is 85.2 Å². The van der Waals surface area contributed by atoms with E-state index < -0.39 is 0 Å². The highest BCUT2D eigenvalue weighted by atomic mass is 32.1. The van der Waals surface area contributed by atoms with Gasteiger partial charge in [0, 0.05) is 68.3 Å². The highest BCUT2D eigenvalue weighted by Gasteiger charge is 2.20. The Labute approximate surface area is 502 Å². The molecule has 10 rings (SSSR count). The summed E-state index contributed by atoms with van der Waals surface area (Å²) in [4.78, 5) is 32.6. The SMILES string of the molecule is CCCCCCc1ccsc1-c1ccc(-c2ccc(-c3sc(-c4ccc(OC(=O)c5ccc(-c6cc(CCCCCC)c(-c7ccc(-c8ccc(-c9sccc9CCCCCC)s8)s7)s6)cc5)cc4)cc3CCCCCC)s2)s1. The van der Waals surface area contributed by atoms with Crippen molar-refractivity contribution in [2.75, 3.05) is 0 Å². The monoisotopic (exact) mass is 1190 g/mol. The molecule has 0 fully saturated rings. The van der Waals surface area contributed by atoms with E-state index in [1.807, 2.05) is 115 Å². The van der Waals surface area contributed by atoms with Crippen molar-refractivity contribution in [1.29, 1.82) is 0 Å². The van der Waals surface area contributed by atoms with Gasteiger partial charge in [-0.3, -0.25) is 0 Å². The molecule has 0 aliphatic heterocycles. The van der Waals surface area contributed by atoms with E-state index in [0.717, 1.165) is 24.0 Å². The summed E-state index contributed by atoms with van der Waals surface area (Å²) in [6.45, 7) is 9.13. The van der Waals surface area contributed by atoms with Crippen LogP contribution in [0, 0.1) is 0 Å². The maximum atomic E-state index is 13.7. The number of hydrogen-bond acceptors (Lipinski definition) is 10. The lowest BCUT2D eigenvalue weighted by atomic mass is 10.0. The van der Waals surface area contributed by atoms with E-state index in [1.165, 1.54) is 206 Å². The maximum absolute atomic E-state index is 13.7. The van der Waals surface area contributed by atoms with Crippen molar-refractivity contribution in [3.63, 3.8) is 0 Å². The molecule has 79 heavy (non-hydrogen) atoms. The molecule has 0 atom stereocenters. The molecule has 0 aliphatic carbocycles. The molecule has 0 radical (unpaired) electrons. The number of esters is 1. The van der Waals surface area contributed by atoms with Crippen LogP contribution in [0.25, 0.3) is 79.4 Å². The second kappa shape index (κ2) is 29.0. The van der Waals surface area contributed by atoms with Crippen LogP contribution in [0.5, 0.6) is 5.75 Å². The van der Waals surface area contributed by atoms with Crippen molar-refractivity contribution in [3.05, 3.63) is 160 Å². The van der Waals surface area contributed by atoms with Crippen LogP contribution in [0.15, 0.2) is 132 Å². The summed E-state index contributed by atoms with van der Waals surface area (Å²) in [5.74, 6) is 0.211. The summed E-state index contributed by atoms with van der Waals surface area (Å²) in [6, 6.07) is 44.3. The first-order valence-corrected chi connectivity index (χ1v) is 35.8. The standard InChI is InChI=1S/C69H74O2S8/c1-5-9-13-17-21-49-41-43-72-65(49)59-37-33-55(74-59)57-35-39-61(76-57)67-52(23-19-15-11-7-3)45-63(78-67)47-25-27-51(28-26-47)69(70)71-54-31-29-48(30-32-54)64-46-53(24-20-16-12-8-4)68(79-64)62-40-36-58(77-62)56-34-38-60(75-56)66-50(42-44-73-66)22-18-14-10-6-2/h25-46H,5-24H2,1-4H3. The van der Waals surface area contributed by atoms with Gasteiger partial charge in [-0.15, -0.1) is 90.7 Å². The zero-order valence-corrected chi connectivity index (χ0v) is 53.0. The largest absolute Gasteiger partial charge is 0.423 e. The highest BCUT2D eigenvalue weighted by molar-refractivity contribution is 7.30. The van der Waals surface area contributed by atoms with Gasteiger partial charge in [0.25, 0.3) is 0 Å². The van der Waals surface area contributed by atoms with E-state index in [-0.39, 0.29) is 5.97 Å². The van der Waals surface area contributed by atoms with Crippen molar-refractivity contribution < 1.29 is 9.53 Å². The molecular weight excluding hydrogens is 1120 g/mol. The number of hydrogen-bond donors (Lipinski definition) is 0. The second-order valence-corrected chi connectivity index (χ2v) is 29.1. The molecule has 2 nitrogen and oxygen atoms in total. The van der Waals surface area contributed by atoms with Gasteiger partial charge in [-0.2, -0.15) is 0 Å². The van der Waals surface area contributed by atoms with Crippen LogP contribution in [-0.4, -0.2) is 5.97 Å². The molecule has 410 valence electrons. The third kappa shape index (κ3) is 14.8. The molecule has 0 spiro atoms. The fourth-order valence-corrected chi connectivity index (χ4v) is 19.6. The van der Waals surface area contributed by atoms with Crippen LogP contribution < -0.4 is 4.74 Å². The molecule has 0 aliphatic rings. The van der Waals surface area contributed by atoms with Crippen molar-refractivity contribution in [2.45, 2.75) is 156 Å². The van der Waals surface area contributed by atoms with Gasteiger partial charge in [-0.05, 0) is 205 Å². The Morgan fingerprint density at radius 1 is 0.329 bits per heavy atom. The fraction of sp³-hybridized carbons (Fsp3) is 0.348. The van der Waals surface area contributed by atoms with Gasteiger partial charge in [0.15, 0.2) is 0 Å². The minimum Gasteiger partial charge on any atom is -0.423 e. The molecular formula is C69H74O2S8. The Balaban J connectivity index is 0.804. The average molecular weight is 1190 g/mol. The second-order valence-electron chi connectivity index (χ2n) is 20.9. The Kier molecular flexibility index (Phi) is 21.2. The van der Waals surface area contributed by atoms with Gasteiger partial charge in [-0.1, -0.05) is 117 Å². The third-order valence-electron chi connectivity index (χ3n) is 14.9. The van der Waals surface area contributed by atoms with Crippen LogP contribution in [0.4, 0.5) is 0 Å². The van der Waals surface area contributed by atoms with Crippen LogP contribution in [0.3, 0.4) is 0 Å². The van der Waals surface area contributed by atoms with E-state index in [0.29, 0.717) is 11.3 Å². The predicted molar refractivity (Wildman–Crippen MR) is 356 cm³/mol. The molecule has 2 aromatic carbocycles. The van der Waals surface area contributed by atoms with Gasteiger partial charge in [0.1, 0.15) is 5.75 Å². The number of unbranched alkanes of at least 4 members (excludes halogenated alkanes) is 12. The van der Waals surface area contributed by atoms with Gasteiger partial charge in [-0.25, -0.2) is 4.79 Å². The molecule has 8 heterocycles. The average Bonchev–Trinajstić information content (AvgIpc) is 4.33. The van der Waals surface area contributed by atoms with Gasteiger partial charge in [0.05, 0.1) is 5.56 Å². The summed E-state index contributed by atoms with van der Waals surface area (Å²) in [5.41, 5.74) is 8.69. The van der Waals surface area contributed by atoms with Crippen LogP contribution in [-0.2, 0) is 25.7 Å². The highest BCUT2D eigenvalue weighted by Crippen LogP contribution is 2.49. The molecule has 0 bridgehead atoms. The summed E-state index contributed by atoms with van der Waals surface area (Å²) in [7, 11) is 0. The summed E-state index contributed by atoms with van der Waals surface area (Å²) in [6.07, 6.45) is 24.7. The lowest BCUT2D eigenvalue weighted by Crippen LogP contribution is -2.08. The van der Waals surface area contributed by atoms with E-state index in [9.17, 15) is 4.79 Å². The van der Waals surface area contributed by atoms with E-state index in [2.05, 4.69) is 136 Å². The topological polar surface area (TPSA) is 26.3 Å². The summed E-state index contributed by atoms with van der Waals surface area (Å²) < 4.78 is 6.02. The normalized spacial score (nSPS) is 11.6. The smallest absolute Gasteiger partial charge is 0.343 e. The summed E-state index contributed by atoms with van der Waals surface area (Å²) >= 11 is 15.3. The lowest BCUT2D eigenvalue weighted by molar-refractivity contribution is 0.0734. The van der Waals surface area contributed by atoms with Crippen LogP contribution in [0.2, 0.25) is 0 Å². The van der Waals surface area contributed by atoms with Gasteiger partial charge >= 0.3 is 5.97 Å². The van der Waals surface area contributed by atoms with E-state index >= 15 is 0 Å². The predicted octanol–water partition coefficient (Wildman–Crippen LogP) is 25.2.